The third kappa shape index (κ3) is 3.35. The van der Waals surface area contributed by atoms with Crippen molar-refractivity contribution in [2.75, 3.05) is 31.6 Å². The summed E-state index contributed by atoms with van der Waals surface area (Å²) in [5.41, 5.74) is 1.25. The summed E-state index contributed by atoms with van der Waals surface area (Å²) in [5.74, 6) is 2.56. The Morgan fingerprint density at radius 2 is 1.84 bits per heavy atom. The fourth-order valence-corrected chi connectivity index (χ4v) is 3.09. The van der Waals surface area contributed by atoms with Crippen molar-refractivity contribution in [3.05, 3.63) is 35.8 Å². The number of aryl methyl sites for hydroxylation is 1. The summed E-state index contributed by atoms with van der Waals surface area (Å²) in [6.07, 6.45) is 2.11. The molecule has 1 fully saturated rings. The first kappa shape index (κ1) is 15.7. The van der Waals surface area contributed by atoms with Crippen molar-refractivity contribution >= 4 is 17.4 Å². The minimum absolute atomic E-state index is 0.0341. The molecule has 4 rings (SSSR count). The smallest absolute Gasteiger partial charge is 0.272 e. The van der Waals surface area contributed by atoms with Crippen LogP contribution in [0.1, 0.15) is 29.2 Å². The van der Waals surface area contributed by atoms with Crippen LogP contribution in [0.15, 0.2) is 24.3 Å². The van der Waals surface area contributed by atoms with Crippen molar-refractivity contribution in [1.82, 2.24) is 14.9 Å². The van der Waals surface area contributed by atoms with Gasteiger partial charge in [-0.25, -0.2) is 9.97 Å². The largest absolute Gasteiger partial charge is 0.486 e. The molecule has 7 nitrogen and oxygen atoms in total. The Morgan fingerprint density at radius 3 is 2.64 bits per heavy atom. The summed E-state index contributed by atoms with van der Waals surface area (Å²) >= 11 is 0. The summed E-state index contributed by atoms with van der Waals surface area (Å²) in [5, 5.41) is 3.22. The molecule has 0 radical (unpaired) electrons. The number of likely N-dealkylation sites (tertiary alicyclic amines) is 1. The number of rotatable bonds is 3. The number of aromatic nitrogens is 2. The minimum atomic E-state index is -0.0341. The number of nitrogens with zero attached hydrogens (tertiary/aromatic N) is 3. The van der Waals surface area contributed by atoms with Gasteiger partial charge in [-0.1, -0.05) is 0 Å². The molecule has 0 bridgehead atoms. The number of ether oxygens (including phenoxy) is 2. The highest BCUT2D eigenvalue weighted by Crippen LogP contribution is 2.33. The average Bonchev–Trinajstić information content (AvgIpc) is 3.15. The molecular formula is C18H20N4O3. The van der Waals surface area contributed by atoms with Gasteiger partial charge in [0.15, 0.2) is 11.5 Å². The van der Waals surface area contributed by atoms with Gasteiger partial charge in [0.25, 0.3) is 5.91 Å². The Hall–Kier alpha value is -2.83. The summed E-state index contributed by atoms with van der Waals surface area (Å²) in [6.45, 7) is 4.49. The molecular weight excluding hydrogens is 320 g/mol. The first-order chi connectivity index (χ1) is 12.2. The molecule has 2 aromatic rings. The van der Waals surface area contributed by atoms with E-state index in [1.54, 1.807) is 13.0 Å². The van der Waals surface area contributed by atoms with Crippen LogP contribution in [0.5, 0.6) is 11.5 Å². The van der Waals surface area contributed by atoms with Crippen LogP contribution in [-0.2, 0) is 0 Å². The van der Waals surface area contributed by atoms with Gasteiger partial charge in [-0.15, -0.1) is 0 Å². The molecule has 1 saturated heterocycles. The van der Waals surface area contributed by atoms with Crippen LogP contribution in [0.2, 0.25) is 0 Å². The minimum Gasteiger partial charge on any atom is -0.486 e. The van der Waals surface area contributed by atoms with Crippen LogP contribution >= 0.6 is 0 Å². The van der Waals surface area contributed by atoms with E-state index in [1.807, 2.05) is 23.1 Å². The third-order valence-corrected chi connectivity index (χ3v) is 4.26. The summed E-state index contributed by atoms with van der Waals surface area (Å²) in [6, 6.07) is 7.33. The van der Waals surface area contributed by atoms with E-state index < -0.39 is 0 Å². The molecule has 0 atom stereocenters. The molecule has 1 aromatic carbocycles. The molecule has 130 valence electrons. The molecule has 0 spiro atoms. The van der Waals surface area contributed by atoms with Gasteiger partial charge in [0, 0.05) is 30.9 Å². The Labute approximate surface area is 146 Å². The zero-order chi connectivity index (χ0) is 17.2. The Kier molecular flexibility index (Phi) is 4.13. The van der Waals surface area contributed by atoms with E-state index in [4.69, 9.17) is 9.47 Å². The van der Waals surface area contributed by atoms with E-state index in [-0.39, 0.29) is 5.91 Å². The Morgan fingerprint density at radius 1 is 1.08 bits per heavy atom. The van der Waals surface area contributed by atoms with Crippen molar-refractivity contribution in [2.45, 2.75) is 19.8 Å². The van der Waals surface area contributed by atoms with Gasteiger partial charge < -0.3 is 19.7 Å². The highest BCUT2D eigenvalue weighted by Gasteiger charge is 2.21. The van der Waals surface area contributed by atoms with Gasteiger partial charge in [-0.05, 0) is 31.9 Å². The van der Waals surface area contributed by atoms with Gasteiger partial charge in [-0.2, -0.15) is 0 Å². The number of hydrogen-bond acceptors (Lipinski definition) is 6. The van der Waals surface area contributed by atoms with Crippen molar-refractivity contribution in [1.29, 1.82) is 0 Å². The molecule has 0 aliphatic carbocycles. The second kappa shape index (κ2) is 6.58. The number of carbonyl (C=O) groups is 1. The van der Waals surface area contributed by atoms with Gasteiger partial charge in [0.1, 0.15) is 30.5 Å². The highest BCUT2D eigenvalue weighted by atomic mass is 16.6. The van der Waals surface area contributed by atoms with Crippen molar-refractivity contribution in [2.24, 2.45) is 0 Å². The lowest BCUT2D eigenvalue weighted by atomic mass is 10.2. The van der Waals surface area contributed by atoms with Crippen molar-refractivity contribution in [3.63, 3.8) is 0 Å². The maximum Gasteiger partial charge on any atom is 0.272 e. The second-order valence-corrected chi connectivity index (χ2v) is 6.17. The molecule has 3 heterocycles. The number of fused-ring (bicyclic) bond motifs is 1. The van der Waals surface area contributed by atoms with Crippen LogP contribution in [0.4, 0.5) is 11.5 Å². The van der Waals surface area contributed by atoms with E-state index in [0.29, 0.717) is 36.3 Å². The SMILES string of the molecule is Cc1nc(Nc2ccc3c(c2)OCCO3)cc(C(=O)N2CCCC2)n1. The van der Waals surface area contributed by atoms with Crippen LogP contribution in [0.3, 0.4) is 0 Å². The number of hydrogen-bond donors (Lipinski definition) is 1. The number of carbonyl (C=O) groups excluding carboxylic acids is 1. The number of amides is 1. The fraction of sp³-hybridized carbons (Fsp3) is 0.389. The molecule has 0 saturated carbocycles. The monoisotopic (exact) mass is 340 g/mol. The van der Waals surface area contributed by atoms with Crippen LogP contribution in [0.25, 0.3) is 0 Å². The molecule has 25 heavy (non-hydrogen) atoms. The predicted molar refractivity (Wildman–Crippen MR) is 92.6 cm³/mol. The van der Waals surface area contributed by atoms with E-state index in [1.165, 1.54) is 0 Å². The fourth-order valence-electron chi connectivity index (χ4n) is 3.09. The average molecular weight is 340 g/mol. The summed E-state index contributed by atoms with van der Waals surface area (Å²) < 4.78 is 11.1. The summed E-state index contributed by atoms with van der Waals surface area (Å²) in [4.78, 5) is 23.1. The normalized spacial score (nSPS) is 16.0. The lowest BCUT2D eigenvalue weighted by Gasteiger charge is -2.19. The van der Waals surface area contributed by atoms with Gasteiger partial charge in [0.05, 0.1) is 0 Å². The number of anilines is 2. The second-order valence-electron chi connectivity index (χ2n) is 6.17. The molecule has 2 aliphatic rings. The molecule has 7 heteroatoms. The van der Waals surface area contributed by atoms with Crippen LogP contribution in [-0.4, -0.2) is 47.1 Å². The van der Waals surface area contributed by atoms with Crippen LogP contribution in [0, 0.1) is 6.92 Å². The molecule has 0 unspecified atom stereocenters. The maximum absolute atomic E-state index is 12.6. The molecule has 2 aliphatic heterocycles. The Balaban J connectivity index is 1.57. The van der Waals surface area contributed by atoms with Crippen molar-refractivity contribution in [3.8, 4) is 11.5 Å². The molecule has 1 amide bonds. The van der Waals surface area contributed by atoms with E-state index in [9.17, 15) is 4.79 Å². The topological polar surface area (TPSA) is 76.6 Å². The lowest BCUT2D eigenvalue weighted by molar-refractivity contribution is 0.0786. The van der Waals surface area contributed by atoms with E-state index in [2.05, 4.69) is 15.3 Å². The maximum atomic E-state index is 12.6. The lowest BCUT2D eigenvalue weighted by Crippen LogP contribution is -2.28. The predicted octanol–water partition coefficient (Wildman–Crippen LogP) is 2.54. The van der Waals surface area contributed by atoms with Gasteiger partial charge >= 0.3 is 0 Å². The highest BCUT2D eigenvalue weighted by molar-refractivity contribution is 5.93. The van der Waals surface area contributed by atoms with Gasteiger partial charge in [-0.3, -0.25) is 4.79 Å². The van der Waals surface area contributed by atoms with E-state index in [0.717, 1.165) is 37.4 Å². The summed E-state index contributed by atoms with van der Waals surface area (Å²) in [7, 11) is 0. The number of nitrogens with one attached hydrogen (secondary N) is 1. The standard InChI is InChI=1S/C18H20N4O3/c1-12-19-14(18(23)22-6-2-3-7-22)11-17(20-12)21-13-4-5-15-16(10-13)25-9-8-24-15/h4-5,10-11H,2-3,6-9H2,1H3,(H,19,20,21). The number of benzene rings is 1. The first-order valence-electron chi connectivity index (χ1n) is 8.51. The molecule has 1 N–H and O–H groups in total. The van der Waals surface area contributed by atoms with E-state index >= 15 is 0 Å². The third-order valence-electron chi connectivity index (χ3n) is 4.26. The quantitative estimate of drug-likeness (QED) is 0.925. The zero-order valence-corrected chi connectivity index (χ0v) is 14.1. The van der Waals surface area contributed by atoms with Crippen LogP contribution < -0.4 is 14.8 Å². The molecule has 1 aromatic heterocycles. The van der Waals surface area contributed by atoms with Crippen molar-refractivity contribution < 1.29 is 14.3 Å². The Bertz CT molecular complexity index is 803. The first-order valence-corrected chi connectivity index (χ1v) is 8.51. The van der Waals surface area contributed by atoms with Gasteiger partial charge in [0.2, 0.25) is 0 Å². The zero-order valence-electron chi connectivity index (χ0n) is 14.1.